The molecule has 1 aliphatic rings. The fraction of sp³-hybridized carbons (Fsp3) is 1.00. The summed E-state index contributed by atoms with van der Waals surface area (Å²) in [6, 6.07) is 1.20. The Hall–Kier alpha value is -0.120. The van der Waals surface area contributed by atoms with Crippen LogP contribution in [-0.2, 0) is 4.74 Å². The van der Waals surface area contributed by atoms with Gasteiger partial charge < -0.3 is 10.1 Å². The van der Waals surface area contributed by atoms with E-state index in [4.69, 9.17) is 4.74 Å². The van der Waals surface area contributed by atoms with Crippen LogP contribution < -0.4 is 5.32 Å². The number of rotatable bonds is 7. The minimum absolute atomic E-state index is 0.574. The maximum atomic E-state index is 5.64. The summed E-state index contributed by atoms with van der Waals surface area (Å²) >= 11 is 0. The molecular weight excluding hydrogens is 200 g/mol. The Morgan fingerprint density at radius 1 is 1.25 bits per heavy atom. The van der Waals surface area contributed by atoms with E-state index in [2.05, 4.69) is 31.0 Å². The molecule has 0 aromatic rings. The molecule has 0 saturated carbocycles. The lowest BCUT2D eigenvalue weighted by Gasteiger charge is -2.39. The van der Waals surface area contributed by atoms with Gasteiger partial charge >= 0.3 is 0 Å². The zero-order chi connectivity index (χ0) is 11.8. The van der Waals surface area contributed by atoms with Crippen LogP contribution in [0, 0.1) is 0 Å². The molecule has 1 heterocycles. The molecule has 3 nitrogen and oxygen atoms in total. The molecule has 1 rings (SSSR count). The molecule has 0 aromatic carbocycles. The van der Waals surface area contributed by atoms with Gasteiger partial charge in [-0.15, -0.1) is 0 Å². The van der Waals surface area contributed by atoms with Gasteiger partial charge in [-0.05, 0) is 38.9 Å². The summed E-state index contributed by atoms with van der Waals surface area (Å²) < 4.78 is 5.64. The number of nitrogens with zero attached hydrogens (tertiary/aromatic N) is 1. The first-order valence-corrected chi connectivity index (χ1v) is 6.88. The minimum atomic E-state index is 0.574. The maximum absolute atomic E-state index is 5.64. The van der Waals surface area contributed by atoms with Gasteiger partial charge in [-0.25, -0.2) is 0 Å². The van der Waals surface area contributed by atoms with Crippen molar-refractivity contribution in [1.82, 2.24) is 10.2 Å². The molecular formula is C13H28N2O. The second kappa shape index (κ2) is 8.04. The van der Waals surface area contributed by atoms with Crippen LogP contribution in [0.15, 0.2) is 0 Å². The predicted octanol–water partition coefficient (Wildman–Crippen LogP) is 1.88. The van der Waals surface area contributed by atoms with Crippen molar-refractivity contribution in [2.24, 2.45) is 0 Å². The molecule has 2 unspecified atom stereocenters. The summed E-state index contributed by atoms with van der Waals surface area (Å²) in [7, 11) is 0. The molecule has 0 amide bonds. The molecule has 2 atom stereocenters. The molecule has 0 aromatic heterocycles. The largest absolute Gasteiger partial charge is 0.380 e. The van der Waals surface area contributed by atoms with E-state index in [1.807, 2.05) is 0 Å². The highest BCUT2D eigenvalue weighted by Gasteiger charge is 2.28. The third kappa shape index (κ3) is 4.04. The van der Waals surface area contributed by atoms with Gasteiger partial charge in [-0.3, -0.25) is 4.90 Å². The van der Waals surface area contributed by atoms with Gasteiger partial charge in [-0.1, -0.05) is 20.8 Å². The zero-order valence-electron chi connectivity index (χ0n) is 11.2. The molecule has 16 heavy (non-hydrogen) atoms. The van der Waals surface area contributed by atoms with Crippen molar-refractivity contribution < 1.29 is 4.74 Å². The van der Waals surface area contributed by atoms with E-state index in [0.717, 1.165) is 32.7 Å². The Labute approximate surface area is 101 Å². The standard InChI is InChI=1S/C13H28N2O/c1-4-8-14-12-7-10-16-11-13(12)15(6-3)9-5-2/h12-14H,4-11H2,1-3H3. The fourth-order valence-electron chi connectivity index (χ4n) is 2.50. The first-order chi connectivity index (χ1) is 7.83. The Morgan fingerprint density at radius 2 is 2.06 bits per heavy atom. The van der Waals surface area contributed by atoms with Gasteiger partial charge in [0.25, 0.3) is 0 Å². The third-order valence-corrected chi connectivity index (χ3v) is 3.37. The van der Waals surface area contributed by atoms with Crippen LogP contribution in [0.1, 0.15) is 40.0 Å². The average molecular weight is 228 g/mol. The first kappa shape index (κ1) is 13.9. The summed E-state index contributed by atoms with van der Waals surface area (Å²) in [5.74, 6) is 0. The Balaban J connectivity index is 2.49. The molecule has 0 spiro atoms. The van der Waals surface area contributed by atoms with Crippen LogP contribution in [0.4, 0.5) is 0 Å². The lowest BCUT2D eigenvalue weighted by molar-refractivity contribution is -0.00136. The maximum Gasteiger partial charge on any atom is 0.0637 e. The zero-order valence-corrected chi connectivity index (χ0v) is 11.2. The predicted molar refractivity (Wildman–Crippen MR) is 68.8 cm³/mol. The van der Waals surface area contributed by atoms with Crippen LogP contribution in [0.5, 0.6) is 0 Å². The quantitative estimate of drug-likeness (QED) is 0.720. The highest BCUT2D eigenvalue weighted by molar-refractivity contribution is 4.86. The monoisotopic (exact) mass is 228 g/mol. The van der Waals surface area contributed by atoms with Crippen molar-refractivity contribution in [2.45, 2.75) is 52.1 Å². The highest BCUT2D eigenvalue weighted by atomic mass is 16.5. The van der Waals surface area contributed by atoms with E-state index in [1.165, 1.54) is 19.4 Å². The van der Waals surface area contributed by atoms with E-state index < -0.39 is 0 Å². The molecule has 3 heteroatoms. The summed E-state index contributed by atoms with van der Waals surface area (Å²) in [6.07, 6.45) is 3.60. The average Bonchev–Trinajstić information content (AvgIpc) is 2.34. The van der Waals surface area contributed by atoms with E-state index >= 15 is 0 Å². The highest BCUT2D eigenvalue weighted by Crippen LogP contribution is 2.14. The van der Waals surface area contributed by atoms with Gasteiger partial charge in [0.1, 0.15) is 0 Å². The van der Waals surface area contributed by atoms with Gasteiger partial charge in [0.2, 0.25) is 0 Å². The number of hydrogen-bond donors (Lipinski definition) is 1. The molecule has 96 valence electrons. The summed E-state index contributed by atoms with van der Waals surface area (Å²) in [4.78, 5) is 2.56. The molecule has 0 aliphatic carbocycles. The number of ether oxygens (including phenoxy) is 1. The normalized spacial score (nSPS) is 26.2. The van der Waals surface area contributed by atoms with Gasteiger partial charge in [-0.2, -0.15) is 0 Å². The molecule has 0 radical (unpaired) electrons. The Morgan fingerprint density at radius 3 is 2.69 bits per heavy atom. The number of likely N-dealkylation sites (N-methyl/N-ethyl adjacent to an activating group) is 1. The first-order valence-electron chi connectivity index (χ1n) is 6.88. The second-order valence-electron chi connectivity index (χ2n) is 4.62. The number of nitrogens with one attached hydrogen (secondary N) is 1. The summed E-state index contributed by atoms with van der Waals surface area (Å²) in [5, 5.41) is 3.67. The molecule has 1 fully saturated rings. The van der Waals surface area contributed by atoms with Gasteiger partial charge in [0.15, 0.2) is 0 Å². The summed E-state index contributed by atoms with van der Waals surface area (Å²) in [6.45, 7) is 12.0. The van der Waals surface area contributed by atoms with Crippen molar-refractivity contribution in [3.63, 3.8) is 0 Å². The lowest BCUT2D eigenvalue weighted by Crippen LogP contribution is -2.55. The molecule has 1 aliphatic heterocycles. The van der Waals surface area contributed by atoms with Gasteiger partial charge in [0, 0.05) is 18.7 Å². The molecule has 0 bridgehead atoms. The van der Waals surface area contributed by atoms with Crippen LogP contribution in [0.3, 0.4) is 0 Å². The van der Waals surface area contributed by atoms with Gasteiger partial charge in [0.05, 0.1) is 6.61 Å². The Bertz CT molecular complexity index is 175. The van der Waals surface area contributed by atoms with E-state index in [1.54, 1.807) is 0 Å². The van der Waals surface area contributed by atoms with Crippen molar-refractivity contribution in [2.75, 3.05) is 32.8 Å². The third-order valence-electron chi connectivity index (χ3n) is 3.37. The minimum Gasteiger partial charge on any atom is -0.380 e. The topological polar surface area (TPSA) is 24.5 Å². The van der Waals surface area contributed by atoms with E-state index in [9.17, 15) is 0 Å². The van der Waals surface area contributed by atoms with Crippen LogP contribution in [0.25, 0.3) is 0 Å². The van der Waals surface area contributed by atoms with E-state index in [-0.39, 0.29) is 0 Å². The van der Waals surface area contributed by atoms with Crippen molar-refractivity contribution in [3.8, 4) is 0 Å². The smallest absolute Gasteiger partial charge is 0.0637 e. The Kier molecular flexibility index (Phi) is 7.01. The molecule has 1 N–H and O–H groups in total. The van der Waals surface area contributed by atoms with Crippen molar-refractivity contribution in [1.29, 1.82) is 0 Å². The molecule has 1 saturated heterocycles. The van der Waals surface area contributed by atoms with E-state index in [0.29, 0.717) is 12.1 Å². The summed E-state index contributed by atoms with van der Waals surface area (Å²) in [5.41, 5.74) is 0. The van der Waals surface area contributed by atoms with Crippen molar-refractivity contribution >= 4 is 0 Å². The fourth-order valence-corrected chi connectivity index (χ4v) is 2.50. The van der Waals surface area contributed by atoms with Crippen LogP contribution in [-0.4, -0.2) is 49.8 Å². The number of hydrogen-bond acceptors (Lipinski definition) is 3. The van der Waals surface area contributed by atoms with Crippen molar-refractivity contribution in [3.05, 3.63) is 0 Å². The second-order valence-corrected chi connectivity index (χ2v) is 4.62. The lowest BCUT2D eigenvalue weighted by atomic mass is 10.0. The van der Waals surface area contributed by atoms with Crippen LogP contribution >= 0.6 is 0 Å². The SMILES string of the molecule is CCCNC1CCOCC1N(CC)CCC. The van der Waals surface area contributed by atoms with Crippen LogP contribution in [0.2, 0.25) is 0 Å².